The molecular weight excluding hydrogens is 322 g/mol. The fourth-order valence-corrected chi connectivity index (χ4v) is 4.47. The number of rotatable bonds is 8. The van der Waals surface area contributed by atoms with Crippen molar-refractivity contribution >= 4 is 0 Å². The van der Waals surface area contributed by atoms with Crippen molar-refractivity contribution in [3.8, 4) is 11.8 Å². The van der Waals surface area contributed by atoms with Gasteiger partial charge in [-0.05, 0) is 77.4 Å². The van der Waals surface area contributed by atoms with Crippen molar-refractivity contribution in [1.82, 2.24) is 4.90 Å². The third-order valence-corrected chi connectivity index (χ3v) is 6.07. The van der Waals surface area contributed by atoms with Gasteiger partial charge in [0.05, 0.1) is 12.2 Å². The van der Waals surface area contributed by atoms with Crippen LogP contribution >= 0.6 is 0 Å². The standard InChI is InChI=1S/C23H37NO2/c1-5-6-9-17(2)22(25)12-11-20-21-15-18(10-7-8-13-24(3)4)14-19(21)16-23(20)26/h10-12,17,19-23,25-26H,7-9,13-16H2,1-4H3/b12-11+,18-10+/t17-,19-,20+,21-,22+,23+/m0/s1. The number of hydrogen-bond donors (Lipinski definition) is 2. The Morgan fingerprint density at radius 2 is 2.08 bits per heavy atom. The lowest BCUT2D eigenvalue weighted by Crippen LogP contribution is -2.19. The van der Waals surface area contributed by atoms with Crippen molar-refractivity contribution in [2.75, 3.05) is 20.6 Å². The zero-order valence-corrected chi connectivity index (χ0v) is 17.0. The molecule has 2 saturated carbocycles. The van der Waals surface area contributed by atoms with Gasteiger partial charge in [0.1, 0.15) is 0 Å². The summed E-state index contributed by atoms with van der Waals surface area (Å²) in [6.45, 7) is 4.99. The van der Waals surface area contributed by atoms with E-state index in [4.69, 9.17) is 0 Å². The van der Waals surface area contributed by atoms with Crippen molar-refractivity contribution in [2.45, 2.75) is 64.6 Å². The summed E-state index contributed by atoms with van der Waals surface area (Å²) in [6.07, 6.45) is 11.9. The number of unbranched alkanes of at least 4 members (excludes halogenated alkanes) is 1. The lowest BCUT2D eigenvalue weighted by atomic mass is 9.89. The van der Waals surface area contributed by atoms with Crippen LogP contribution in [-0.4, -0.2) is 48.0 Å². The molecule has 3 heteroatoms. The Morgan fingerprint density at radius 3 is 2.77 bits per heavy atom. The van der Waals surface area contributed by atoms with Crippen LogP contribution in [0, 0.1) is 35.5 Å². The molecular formula is C23H37NO2. The Bertz CT molecular complexity index is 554. The minimum absolute atomic E-state index is 0.128. The summed E-state index contributed by atoms with van der Waals surface area (Å²) in [5.74, 6) is 7.39. The first-order valence-corrected chi connectivity index (χ1v) is 10.2. The smallest absolute Gasteiger partial charge is 0.0755 e. The monoisotopic (exact) mass is 359 g/mol. The minimum Gasteiger partial charge on any atom is -0.392 e. The van der Waals surface area contributed by atoms with Crippen LogP contribution in [0.15, 0.2) is 23.8 Å². The fraction of sp³-hybridized carbons (Fsp3) is 0.739. The third-order valence-electron chi connectivity index (χ3n) is 6.07. The van der Waals surface area contributed by atoms with Gasteiger partial charge in [0.2, 0.25) is 0 Å². The molecule has 26 heavy (non-hydrogen) atoms. The largest absolute Gasteiger partial charge is 0.392 e. The van der Waals surface area contributed by atoms with Gasteiger partial charge >= 0.3 is 0 Å². The van der Waals surface area contributed by atoms with E-state index in [-0.39, 0.29) is 17.9 Å². The average molecular weight is 360 g/mol. The van der Waals surface area contributed by atoms with E-state index in [9.17, 15) is 10.2 Å². The highest BCUT2D eigenvalue weighted by Gasteiger charge is 2.44. The van der Waals surface area contributed by atoms with Gasteiger partial charge < -0.3 is 15.1 Å². The maximum absolute atomic E-state index is 10.5. The van der Waals surface area contributed by atoms with Gasteiger partial charge in [-0.3, -0.25) is 0 Å². The zero-order chi connectivity index (χ0) is 19.1. The summed E-state index contributed by atoms with van der Waals surface area (Å²) in [6, 6.07) is 0. The second-order valence-electron chi connectivity index (χ2n) is 8.50. The highest BCUT2D eigenvalue weighted by molar-refractivity contribution is 5.18. The van der Waals surface area contributed by atoms with Crippen LogP contribution in [0.1, 0.15) is 52.4 Å². The molecule has 0 spiro atoms. The van der Waals surface area contributed by atoms with Gasteiger partial charge in [0, 0.05) is 12.3 Å². The molecule has 0 bridgehead atoms. The molecule has 2 aliphatic carbocycles. The first-order valence-electron chi connectivity index (χ1n) is 10.2. The zero-order valence-electron chi connectivity index (χ0n) is 17.0. The first-order chi connectivity index (χ1) is 12.4. The molecule has 0 aromatic carbocycles. The van der Waals surface area contributed by atoms with Crippen molar-refractivity contribution in [1.29, 1.82) is 0 Å². The Kier molecular flexibility index (Phi) is 8.41. The molecule has 0 amide bonds. The van der Waals surface area contributed by atoms with Gasteiger partial charge in [-0.25, -0.2) is 0 Å². The highest BCUT2D eigenvalue weighted by Crippen LogP contribution is 2.50. The molecule has 0 unspecified atom stereocenters. The van der Waals surface area contributed by atoms with Crippen LogP contribution in [-0.2, 0) is 0 Å². The quantitative estimate of drug-likeness (QED) is 0.395. The Hall–Kier alpha value is -1.08. The van der Waals surface area contributed by atoms with Crippen molar-refractivity contribution in [3.05, 3.63) is 23.8 Å². The molecule has 3 nitrogen and oxygen atoms in total. The van der Waals surface area contributed by atoms with E-state index in [1.807, 2.05) is 19.9 Å². The third kappa shape index (κ3) is 5.98. The highest BCUT2D eigenvalue weighted by atomic mass is 16.3. The molecule has 2 N–H and O–H groups in total. The fourth-order valence-electron chi connectivity index (χ4n) is 4.47. The van der Waals surface area contributed by atoms with Gasteiger partial charge in [-0.1, -0.05) is 30.7 Å². The van der Waals surface area contributed by atoms with Crippen molar-refractivity contribution in [2.24, 2.45) is 23.7 Å². The summed E-state index contributed by atoms with van der Waals surface area (Å²) < 4.78 is 0. The van der Waals surface area contributed by atoms with Gasteiger partial charge in [0.15, 0.2) is 0 Å². The number of fused-ring (bicyclic) bond motifs is 1. The van der Waals surface area contributed by atoms with E-state index in [0.29, 0.717) is 18.3 Å². The van der Waals surface area contributed by atoms with E-state index in [1.54, 1.807) is 5.57 Å². The Labute approximate surface area is 160 Å². The summed E-state index contributed by atoms with van der Waals surface area (Å²) in [7, 11) is 4.24. The Balaban J connectivity index is 1.89. The topological polar surface area (TPSA) is 43.7 Å². The second-order valence-corrected chi connectivity index (χ2v) is 8.50. The number of aliphatic hydroxyl groups excluding tert-OH is 2. The maximum Gasteiger partial charge on any atom is 0.0755 e. The average Bonchev–Trinajstić information content (AvgIpc) is 3.10. The van der Waals surface area contributed by atoms with E-state index in [1.165, 1.54) is 6.42 Å². The van der Waals surface area contributed by atoms with Crippen LogP contribution in [0.4, 0.5) is 0 Å². The lowest BCUT2D eigenvalue weighted by molar-refractivity contribution is 0.137. The number of nitrogens with zero attached hydrogens (tertiary/aromatic N) is 1. The van der Waals surface area contributed by atoms with Crippen LogP contribution < -0.4 is 0 Å². The minimum atomic E-state index is -0.482. The van der Waals surface area contributed by atoms with E-state index in [0.717, 1.165) is 32.2 Å². The number of allylic oxidation sites excluding steroid dienone is 2. The van der Waals surface area contributed by atoms with Crippen LogP contribution in [0.2, 0.25) is 0 Å². The van der Waals surface area contributed by atoms with Gasteiger partial charge in [-0.15, -0.1) is 11.8 Å². The second kappa shape index (κ2) is 10.3. The SMILES string of the molecule is CC#CC[C@H](C)[C@H](O)/C=C/[C@@H]1[C@H]2C/C(=C/CCCN(C)C)C[C@H]2C[C@H]1O. The maximum atomic E-state index is 10.5. The molecule has 0 saturated heterocycles. The van der Waals surface area contributed by atoms with Crippen LogP contribution in [0.25, 0.3) is 0 Å². The van der Waals surface area contributed by atoms with E-state index >= 15 is 0 Å². The molecule has 0 aromatic rings. The van der Waals surface area contributed by atoms with Crippen molar-refractivity contribution in [3.63, 3.8) is 0 Å². The van der Waals surface area contributed by atoms with Crippen molar-refractivity contribution < 1.29 is 10.2 Å². The molecule has 146 valence electrons. The van der Waals surface area contributed by atoms with Crippen LogP contribution in [0.3, 0.4) is 0 Å². The van der Waals surface area contributed by atoms with E-state index < -0.39 is 6.10 Å². The molecule has 0 aliphatic heterocycles. The predicted molar refractivity (Wildman–Crippen MR) is 109 cm³/mol. The van der Waals surface area contributed by atoms with Gasteiger partial charge in [0.25, 0.3) is 0 Å². The molecule has 2 aliphatic rings. The summed E-state index contributed by atoms with van der Waals surface area (Å²) in [4.78, 5) is 2.23. The normalized spacial score (nSPS) is 32.0. The molecule has 0 radical (unpaired) electrons. The van der Waals surface area contributed by atoms with E-state index in [2.05, 4.69) is 43.0 Å². The number of hydrogen-bond acceptors (Lipinski definition) is 3. The summed E-state index contributed by atoms with van der Waals surface area (Å²) >= 11 is 0. The lowest BCUT2D eigenvalue weighted by Gasteiger charge is -2.19. The predicted octanol–water partition coefficient (Wildman–Crippen LogP) is 3.63. The Morgan fingerprint density at radius 1 is 1.31 bits per heavy atom. The summed E-state index contributed by atoms with van der Waals surface area (Å²) in [5.41, 5.74) is 1.58. The molecule has 2 fully saturated rings. The molecule has 2 rings (SSSR count). The molecule has 6 atom stereocenters. The molecule has 0 aromatic heterocycles. The van der Waals surface area contributed by atoms with Gasteiger partial charge in [-0.2, -0.15) is 0 Å². The van der Waals surface area contributed by atoms with Crippen LogP contribution in [0.5, 0.6) is 0 Å². The molecule has 0 heterocycles. The number of aliphatic hydroxyl groups is 2. The summed E-state index contributed by atoms with van der Waals surface area (Å²) in [5, 5.41) is 20.8. The first kappa shape index (κ1) is 21.2.